The van der Waals surface area contributed by atoms with Crippen molar-refractivity contribution in [2.45, 2.75) is 19.9 Å². The molecule has 0 amide bonds. The Balaban J connectivity index is 2.62. The largest absolute Gasteiger partial charge is 0.459 e. The minimum atomic E-state index is -0.0345. The van der Waals surface area contributed by atoms with E-state index in [1.54, 1.807) is 0 Å². The molecule has 0 radical (unpaired) electrons. The topological polar surface area (TPSA) is 39.2 Å². The van der Waals surface area contributed by atoms with Gasteiger partial charge in [-0.1, -0.05) is 12.1 Å². The summed E-state index contributed by atoms with van der Waals surface area (Å²) in [7, 11) is 0. The van der Waals surface area contributed by atoms with Gasteiger partial charge in [0, 0.05) is 5.39 Å². The fourth-order valence-corrected chi connectivity index (χ4v) is 1.38. The first-order valence-corrected chi connectivity index (χ1v) is 4.42. The molecule has 2 nitrogen and oxygen atoms in total. The smallest absolute Gasteiger partial charge is 0.134 e. The second-order valence-electron chi connectivity index (χ2n) is 3.48. The molecule has 2 rings (SSSR count). The monoisotopic (exact) mass is 175 g/mol. The summed E-state index contributed by atoms with van der Waals surface area (Å²) in [6.45, 7) is 3.97. The van der Waals surface area contributed by atoms with Gasteiger partial charge in [0.15, 0.2) is 0 Å². The van der Waals surface area contributed by atoms with Crippen LogP contribution in [0.3, 0.4) is 0 Å². The highest BCUT2D eigenvalue weighted by atomic mass is 16.3. The Labute approximate surface area is 77.3 Å². The molecule has 13 heavy (non-hydrogen) atoms. The predicted molar refractivity (Wildman–Crippen MR) is 53.6 cm³/mol. The average Bonchev–Trinajstić information content (AvgIpc) is 2.46. The first-order chi connectivity index (χ1) is 6.16. The number of benzene rings is 1. The number of hydrogen-bond donors (Lipinski definition) is 1. The van der Waals surface area contributed by atoms with Gasteiger partial charge in [-0.15, -0.1) is 0 Å². The summed E-state index contributed by atoms with van der Waals surface area (Å²) < 4.78 is 5.59. The molecular formula is C11H13NO. The lowest BCUT2D eigenvalue weighted by molar-refractivity contribution is 0.513. The lowest BCUT2D eigenvalue weighted by Gasteiger charge is -1.96. The maximum absolute atomic E-state index is 5.72. The molecule has 2 N–H and O–H groups in total. The summed E-state index contributed by atoms with van der Waals surface area (Å²) in [5.74, 6) is 0.848. The molecule has 0 fully saturated rings. The predicted octanol–water partition coefficient (Wildman–Crippen LogP) is 2.76. The van der Waals surface area contributed by atoms with Crippen LogP contribution < -0.4 is 5.73 Å². The molecule has 1 heterocycles. The molecule has 2 aromatic rings. The molecule has 1 unspecified atom stereocenters. The van der Waals surface area contributed by atoms with Crippen molar-refractivity contribution in [3.8, 4) is 0 Å². The van der Waals surface area contributed by atoms with Gasteiger partial charge in [0.05, 0.1) is 6.04 Å². The van der Waals surface area contributed by atoms with Crippen molar-refractivity contribution in [2.24, 2.45) is 5.73 Å². The molecule has 1 aromatic heterocycles. The number of hydrogen-bond acceptors (Lipinski definition) is 2. The van der Waals surface area contributed by atoms with Crippen LogP contribution in [0.4, 0.5) is 0 Å². The molecule has 2 heteroatoms. The van der Waals surface area contributed by atoms with E-state index in [2.05, 4.69) is 12.1 Å². The highest BCUT2D eigenvalue weighted by Gasteiger charge is 2.06. The summed E-state index contributed by atoms with van der Waals surface area (Å²) >= 11 is 0. The number of rotatable bonds is 1. The van der Waals surface area contributed by atoms with E-state index in [4.69, 9.17) is 10.2 Å². The van der Waals surface area contributed by atoms with Crippen LogP contribution in [0.1, 0.15) is 24.3 Å². The lowest BCUT2D eigenvalue weighted by atomic mass is 10.2. The quantitative estimate of drug-likeness (QED) is 0.723. The Kier molecular flexibility index (Phi) is 1.85. The van der Waals surface area contributed by atoms with Crippen LogP contribution in [0.2, 0.25) is 0 Å². The molecule has 0 bridgehead atoms. The molecule has 1 aromatic carbocycles. The first-order valence-electron chi connectivity index (χ1n) is 4.42. The highest BCUT2D eigenvalue weighted by Crippen LogP contribution is 2.23. The number of aryl methyl sites for hydroxylation is 1. The molecule has 68 valence electrons. The minimum absolute atomic E-state index is 0.0345. The summed E-state index contributed by atoms with van der Waals surface area (Å²) in [5.41, 5.74) is 7.85. The van der Waals surface area contributed by atoms with Crippen molar-refractivity contribution in [1.29, 1.82) is 0 Å². The van der Waals surface area contributed by atoms with Crippen molar-refractivity contribution in [3.63, 3.8) is 0 Å². The van der Waals surface area contributed by atoms with Crippen LogP contribution in [0.25, 0.3) is 11.0 Å². The van der Waals surface area contributed by atoms with Gasteiger partial charge in [-0.25, -0.2) is 0 Å². The van der Waals surface area contributed by atoms with Gasteiger partial charge in [-0.05, 0) is 31.5 Å². The zero-order valence-corrected chi connectivity index (χ0v) is 7.87. The van der Waals surface area contributed by atoms with Crippen molar-refractivity contribution in [2.75, 3.05) is 0 Å². The first kappa shape index (κ1) is 8.32. The Morgan fingerprint density at radius 3 is 2.77 bits per heavy atom. The van der Waals surface area contributed by atoms with Crippen LogP contribution in [-0.2, 0) is 0 Å². The normalized spacial score (nSPS) is 13.5. The molecule has 0 aliphatic heterocycles. The van der Waals surface area contributed by atoms with Gasteiger partial charge in [-0.2, -0.15) is 0 Å². The van der Waals surface area contributed by atoms with Gasteiger partial charge in [0.2, 0.25) is 0 Å². The molecule has 0 aliphatic carbocycles. The SMILES string of the molecule is Cc1ccc2cc(C(C)N)oc2c1. The number of fused-ring (bicyclic) bond motifs is 1. The molecule has 0 spiro atoms. The molecular weight excluding hydrogens is 162 g/mol. The molecule has 0 saturated heterocycles. The molecule has 1 atom stereocenters. The third-order valence-electron chi connectivity index (χ3n) is 2.14. The Bertz CT molecular complexity index is 429. The van der Waals surface area contributed by atoms with E-state index in [-0.39, 0.29) is 6.04 Å². The summed E-state index contributed by atoms with van der Waals surface area (Å²) in [5, 5.41) is 1.12. The van der Waals surface area contributed by atoms with Crippen molar-refractivity contribution >= 4 is 11.0 Å². The maximum atomic E-state index is 5.72. The second kappa shape index (κ2) is 2.89. The zero-order chi connectivity index (χ0) is 9.42. The van der Waals surface area contributed by atoms with Crippen LogP contribution in [0, 0.1) is 6.92 Å². The van der Waals surface area contributed by atoms with E-state index in [1.165, 1.54) is 5.56 Å². The van der Waals surface area contributed by atoms with Crippen LogP contribution in [-0.4, -0.2) is 0 Å². The van der Waals surface area contributed by atoms with E-state index in [0.29, 0.717) is 0 Å². The van der Waals surface area contributed by atoms with Gasteiger partial charge in [0.25, 0.3) is 0 Å². The second-order valence-corrected chi connectivity index (χ2v) is 3.48. The van der Waals surface area contributed by atoms with Crippen LogP contribution in [0.15, 0.2) is 28.7 Å². The van der Waals surface area contributed by atoms with E-state index in [1.807, 2.05) is 26.0 Å². The third-order valence-corrected chi connectivity index (χ3v) is 2.14. The van der Waals surface area contributed by atoms with E-state index >= 15 is 0 Å². The Hall–Kier alpha value is -1.28. The number of nitrogens with two attached hydrogens (primary N) is 1. The standard InChI is InChI=1S/C11H13NO/c1-7-3-4-9-6-10(8(2)12)13-11(9)5-7/h3-6,8H,12H2,1-2H3. The third kappa shape index (κ3) is 1.45. The zero-order valence-electron chi connectivity index (χ0n) is 7.87. The van der Waals surface area contributed by atoms with Crippen molar-refractivity contribution < 1.29 is 4.42 Å². The minimum Gasteiger partial charge on any atom is -0.459 e. The van der Waals surface area contributed by atoms with Crippen molar-refractivity contribution in [1.82, 2.24) is 0 Å². The number of furan rings is 1. The fourth-order valence-electron chi connectivity index (χ4n) is 1.38. The highest BCUT2D eigenvalue weighted by molar-refractivity contribution is 5.78. The lowest BCUT2D eigenvalue weighted by Crippen LogP contribution is -2.02. The van der Waals surface area contributed by atoms with Gasteiger partial charge in [-0.3, -0.25) is 0 Å². The van der Waals surface area contributed by atoms with Gasteiger partial charge >= 0.3 is 0 Å². The Morgan fingerprint density at radius 2 is 2.08 bits per heavy atom. The van der Waals surface area contributed by atoms with E-state index < -0.39 is 0 Å². The van der Waals surface area contributed by atoms with Gasteiger partial charge in [0.1, 0.15) is 11.3 Å². The summed E-state index contributed by atoms with van der Waals surface area (Å²) in [6, 6.07) is 8.12. The molecule has 0 saturated carbocycles. The Morgan fingerprint density at radius 1 is 1.31 bits per heavy atom. The fraction of sp³-hybridized carbons (Fsp3) is 0.273. The van der Waals surface area contributed by atoms with Crippen molar-refractivity contribution in [3.05, 3.63) is 35.6 Å². The maximum Gasteiger partial charge on any atom is 0.134 e. The van der Waals surface area contributed by atoms with E-state index in [0.717, 1.165) is 16.7 Å². The average molecular weight is 175 g/mol. The van der Waals surface area contributed by atoms with Gasteiger partial charge < -0.3 is 10.2 Å². The summed E-state index contributed by atoms with van der Waals surface area (Å²) in [6.07, 6.45) is 0. The van der Waals surface area contributed by atoms with E-state index in [9.17, 15) is 0 Å². The van der Waals surface area contributed by atoms with Crippen LogP contribution in [0.5, 0.6) is 0 Å². The molecule has 0 aliphatic rings. The summed E-state index contributed by atoms with van der Waals surface area (Å²) in [4.78, 5) is 0. The van der Waals surface area contributed by atoms with Crippen LogP contribution >= 0.6 is 0 Å².